The van der Waals surface area contributed by atoms with Gasteiger partial charge in [0.05, 0.1) is 5.56 Å². The summed E-state index contributed by atoms with van der Waals surface area (Å²) in [5, 5.41) is 0. The Morgan fingerprint density at radius 2 is 1.63 bits per heavy atom. The lowest BCUT2D eigenvalue weighted by Crippen LogP contribution is -2.28. The first kappa shape index (κ1) is 15.5. The highest BCUT2D eigenvalue weighted by Crippen LogP contribution is 2.30. The van der Waals surface area contributed by atoms with E-state index in [9.17, 15) is 26.4 Å². The Balaban J connectivity index is 3.37. The normalized spacial score (nSPS) is 12.3. The molecule has 0 aromatic heterocycles. The summed E-state index contributed by atoms with van der Waals surface area (Å²) < 4.78 is 62.6. The third-order valence-electron chi connectivity index (χ3n) is 2.46. The zero-order valence-electron chi connectivity index (χ0n) is 10.3. The highest BCUT2D eigenvalue weighted by atomic mass is 32.2. The van der Waals surface area contributed by atoms with Crippen LogP contribution in [0.25, 0.3) is 0 Å². The molecule has 0 aliphatic carbocycles. The molecule has 0 atom stereocenters. The van der Waals surface area contributed by atoms with Crippen LogP contribution in [-0.2, 0) is 10.1 Å². The molecule has 0 aliphatic heterocycles. The van der Waals surface area contributed by atoms with Crippen molar-refractivity contribution in [2.75, 3.05) is 0 Å². The molecule has 8 heteroatoms. The van der Waals surface area contributed by atoms with Crippen molar-refractivity contribution in [3.63, 3.8) is 0 Å². The highest BCUT2D eigenvalue weighted by molar-refractivity contribution is 7.88. The lowest BCUT2D eigenvalue weighted by molar-refractivity contribution is -0.0500. The molecule has 4 nitrogen and oxygen atoms in total. The van der Waals surface area contributed by atoms with E-state index in [0.717, 1.165) is 13.0 Å². The standard InChI is InChI=1S/C11H11F3O4S/c1-6-4-9(8(3)15)10(5-7(6)2)18-19(16,17)11(12,13)14/h4-5H,1-3H3. The molecule has 19 heavy (non-hydrogen) atoms. The molecule has 0 bridgehead atoms. The summed E-state index contributed by atoms with van der Waals surface area (Å²) in [6.07, 6.45) is 0. The van der Waals surface area contributed by atoms with Gasteiger partial charge in [0.1, 0.15) is 0 Å². The number of carbonyl (C=O) groups is 1. The first-order valence-corrected chi connectivity index (χ1v) is 6.49. The fourth-order valence-corrected chi connectivity index (χ4v) is 1.77. The van der Waals surface area contributed by atoms with Crippen LogP contribution in [0.4, 0.5) is 13.2 Å². The maximum Gasteiger partial charge on any atom is 0.534 e. The molecule has 0 amide bonds. The number of Topliss-reactive ketones (excluding diaryl/α,β-unsaturated/α-hetero) is 1. The van der Waals surface area contributed by atoms with Crippen molar-refractivity contribution in [1.29, 1.82) is 0 Å². The summed E-state index contributed by atoms with van der Waals surface area (Å²) in [4.78, 5) is 11.3. The van der Waals surface area contributed by atoms with Crippen molar-refractivity contribution < 1.29 is 30.6 Å². The van der Waals surface area contributed by atoms with Crippen LogP contribution in [0.15, 0.2) is 12.1 Å². The van der Waals surface area contributed by atoms with Gasteiger partial charge in [-0.15, -0.1) is 0 Å². The summed E-state index contributed by atoms with van der Waals surface area (Å²) in [6.45, 7) is 4.31. The Kier molecular flexibility index (Phi) is 3.94. The van der Waals surface area contributed by atoms with E-state index in [0.29, 0.717) is 11.1 Å². The quantitative estimate of drug-likeness (QED) is 0.489. The van der Waals surface area contributed by atoms with Gasteiger partial charge in [0.25, 0.3) is 0 Å². The summed E-state index contributed by atoms with van der Waals surface area (Å²) in [5.74, 6) is -1.21. The van der Waals surface area contributed by atoms with E-state index in [-0.39, 0.29) is 5.56 Å². The van der Waals surface area contributed by atoms with Crippen LogP contribution in [0.1, 0.15) is 28.4 Å². The van der Waals surface area contributed by atoms with Gasteiger partial charge in [-0.05, 0) is 44.0 Å². The molecule has 106 valence electrons. The van der Waals surface area contributed by atoms with Crippen LogP contribution in [0.3, 0.4) is 0 Å². The third-order valence-corrected chi connectivity index (χ3v) is 3.42. The molecular weight excluding hydrogens is 285 g/mol. The number of alkyl halides is 3. The molecule has 1 aromatic rings. The summed E-state index contributed by atoms with van der Waals surface area (Å²) in [5.41, 5.74) is -4.60. The number of hydrogen-bond donors (Lipinski definition) is 0. The molecule has 0 N–H and O–H groups in total. The smallest absolute Gasteiger partial charge is 0.375 e. The molecule has 0 radical (unpaired) electrons. The predicted octanol–water partition coefficient (Wildman–Crippen LogP) is 2.73. The van der Waals surface area contributed by atoms with E-state index in [1.165, 1.54) is 6.07 Å². The monoisotopic (exact) mass is 296 g/mol. The first-order chi connectivity index (χ1) is 8.45. The van der Waals surface area contributed by atoms with Crippen LogP contribution in [0, 0.1) is 13.8 Å². The van der Waals surface area contributed by atoms with Crippen LogP contribution in [-0.4, -0.2) is 19.7 Å². The second-order valence-electron chi connectivity index (χ2n) is 3.97. The lowest BCUT2D eigenvalue weighted by atomic mass is 10.0. The minimum Gasteiger partial charge on any atom is -0.375 e. The van der Waals surface area contributed by atoms with Gasteiger partial charge in [0.15, 0.2) is 11.5 Å². The van der Waals surface area contributed by atoms with Crippen molar-refractivity contribution in [1.82, 2.24) is 0 Å². The predicted molar refractivity (Wildman–Crippen MR) is 61.5 cm³/mol. The van der Waals surface area contributed by atoms with Crippen molar-refractivity contribution in [2.24, 2.45) is 0 Å². The summed E-state index contributed by atoms with van der Waals surface area (Å²) in [6, 6.07) is 2.38. The highest BCUT2D eigenvalue weighted by Gasteiger charge is 2.48. The van der Waals surface area contributed by atoms with E-state index < -0.39 is 27.2 Å². The minimum absolute atomic E-state index is 0.212. The van der Waals surface area contributed by atoms with Gasteiger partial charge in [-0.2, -0.15) is 21.6 Å². The fourth-order valence-electron chi connectivity index (χ4n) is 1.30. The maximum atomic E-state index is 12.2. The molecule has 0 unspecified atom stereocenters. The van der Waals surface area contributed by atoms with Gasteiger partial charge in [0, 0.05) is 0 Å². The van der Waals surface area contributed by atoms with Crippen molar-refractivity contribution in [3.05, 3.63) is 28.8 Å². The topological polar surface area (TPSA) is 60.4 Å². The average Bonchev–Trinajstić information content (AvgIpc) is 2.20. The SMILES string of the molecule is CC(=O)c1cc(C)c(C)cc1OS(=O)(=O)C(F)(F)F. The third kappa shape index (κ3) is 3.25. The number of rotatable bonds is 3. The Bertz CT molecular complexity index is 618. The molecule has 0 aliphatic rings. The first-order valence-electron chi connectivity index (χ1n) is 5.08. The zero-order chi connectivity index (χ0) is 15.0. The zero-order valence-corrected chi connectivity index (χ0v) is 11.1. The number of aryl methyl sites for hydroxylation is 2. The Labute approximate surface area is 108 Å². The Morgan fingerprint density at radius 1 is 1.16 bits per heavy atom. The van der Waals surface area contributed by atoms with Crippen LogP contribution in [0.5, 0.6) is 5.75 Å². The van der Waals surface area contributed by atoms with Crippen LogP contribution in [0.2, 0.25) is 0 Å². The second-order valence-corrected chi connectivity index (χ2v) is 5.51. The Hall–Kier alpha value is -1.57. The number of ketones is 1. The molecule has 0 spiro atoms. The molecule has 0 saturated heterocycles. The summed E-state index contributed by atoms with van der Waals surface area (Å²) >= 11 is 0. The molecule has 1 aromatic carbocycles. The molecular formula is C11H11F3O4S. The van der Waals surface area contributed by atoms with E-state index >= 15 is 0 Å². The van der Waals surface area contributed by atoms with Crippen LogP contribution < -0.4 is 4.18 Å². The van der Waals surface area contributed by atoms with Gasteiger partial charge in [-0.3, -0.25) is 4.79 Å². The number of hydrogen-bond acceptors (Lipinski definition) is 4. The van der Waals surface area contributed by atoms with Crippen LogP contribution >= 0.6 is 0 Å². The van der Waals surface area contributed by atoms with Crippen molar-refractivity contribution in [3.8, 4) is 5.75 Å². The van der Waals surface area contributed by atoms with E-state index in [1.807, 2.05) is 0 Å². The second kappa shape index (κ2) is 4.84. The fraction of sp³-hybridized carbons (Fsp3) is 0.364. The van der Waals surface area contributed by atoms with Gasteiger partial charge in [0.2, 0.25) is 0 Å². The van der Waals surface area contributed by atoms with E-state index in [1.54, 1.807) is 13.8 Å². The van der Waals surface area contributed by atoms with Crippen molar-refractivity contribution >= 4 is 15.9 Å². The number of halogens is 3. The molecule has 0 heterocycles. The van der Waals surface area contributed by atoms with E-state index in [2.05, 4.69) is 4.18 Å². The molecule has 1 rings (SSSR count). The van der Waals surface area contributed by atoms with E-state index in [4.69, 9.17) is 0 Å². The van der Waals surface area contributed by atoms with Crippen molar-refractivity contribution in [2.45, 2.75) is 26.3 Å². The summed E-state index contributed by atoms with van der Waals surface area (Å²) in [7, 11) is -5.79. The van der Waals surface area contributed by atoms with Gasteiger partial charge >= 0.3 is 15.6 Å². The lowest BCUT2D eigenvalue weighted by Gasteiger charge is -2.13. The average molecular weight is 296 g/mol. The van der Waals surface area contributed by atoms with Gasteiger partial charge in [-0.1, -0.05) is 0 Å². The number of carbonyl (C=O) groups excluding carboxylic acids is 1. The Morgan fingerprint density at radius 3 is 2.05 bits per heavy atom. The largest absolute Gasteiger partial charge is 0.534 e. The number of benzene rings is 1. The maximum absolute atomic E-state index is 12.2. The minimum atomic E-state index is -5.79. The van der Waals surface area contributed by atoms with Gasteiger partial charge < -0.3 is 4.18 Å². The molecule has 0 saturated carbocycles. The molecule has 0 fully saturated rings. The van der Waals surface area contributed by atoms with Gasteiger partial charge in [-0.25, -0.2) is 0 Å².